The van der Waals surface area contributed by atoms with E-state index in [-0.39, 0.29) is 17.4 Å². The number of aromatic nitrogens is 2. The number of nitrogens with two attached hydrogens (primary N) is 1. The van der Waals surface area contributed by atoms with Gasteiger partial charge >= 0.3 is 5.97 Å². The van der Waals surface area contributed by atoms with Crippen LogP contribution in [-0.4, -0.2) is 45.0 Å². The zero-order valence-corrected chi connectivity index (χ0v) is 23.9. The summed E-state index contributed by atoms with van der Waals surface area (Å²) in [4.78, 5) is 17.5. The van der Waals surface area contributed by atoms with Crippen LogP contribution >= 0.6 is 11.9 Å². The first kappa shape index (κ1) is 28.6. The number of carboxylic acids is 1. The lowest BCUT2D eigenvalue weighted by atomic mass is 10.1. The van der Waals surface area contributed by atoms with Gasteiger partial charge in [-0.3, -0.25) is 4.99 Å². The Morgan fingerprint density at radius 2 is 2.05 bits per heavy atom. The largest absolute Gasteiger partial charge is 0.478 e. The number of hydrogen-bond donors (Lipinski definition) is 2. The molecule has 3 N–H and O–H groups in total. The number of benzene rings is 2. The van der Waals surface area contributed by atoms with Gasteiger partial charge in [0.05, 0.1) is 17.6 Å². The minimum atomic E-state index is -0.964. The second-order valence-corrected chi connectivity index (χ2v) is 11.3. The van der Waals surface area contributed by atoms with Crippen LogP contribution in [0.25, 0.3) is 5.69 Å². The van der Waals surface area contributed by atoms with Gasteiger partial charge in [0.1, 0.15) is 5.56 Å². The van der Waals surface area contributed by atoms with Crippen molar-refractivity contribution in [3.05, 3.63) is 88.9 Å². The molecule has 1 aromatic heterocycles. The second kappa shape index (κ2) is 13.6. The first-order chi connectivity index (χ1) is 19.0. The number of hydrogen-bond acceptors (Lipinski definition) is 6. The highest BCUT2D eigenvalue weighted by molar-refractivity contribution is 7.97. The number of aliphatic imine (C=N–C) groups is 1. The summed E-state index contributed by atoms with van der Waals surface area (Å²) in [6, 6.07) is 16.8. The molecule has 1 aliphatic carbocycles. The zero-order valence-electron chi connectivity index (χ0n) is 23.1. The highest BCUT2D eigenvalue weighted by atomic mass is 32.2. The van der Waals surface area contributed by atoms with E-state index in [2.05, 4.69) is 64.6 Å². The van der Waals surface area contributed by atoms with E-state index >= 15 is 0 Å². The Morgan fingerprint density at radius 1 is 1.23 bits per heavy atom. The normalized spacial score (nSPS) is 17.3. The Morgan fingerprint density at radius 3 is 2.77 bits per heavy atom. The van der Waals surface area contributed by atoms with Crippen molar-refractivity contribution in [1.29, 1.82) is 0 Å². The number of carbonyl (C=O) groups is 1. The van der Waals surface area contributed by atoms with Gasteiger partial charge in [-0.15, -0.1) is 0 Å². The maximum atomic E-state index is 12.1. The minimum absolute atomic E-state index is 0.0294. The maximum Gasteiger partial charge on any atom is 0.339 e. The number of carboxylic acid groups (broad SMARTS) is 1. The molecule has 2 aromatic carbocycles. The average Bonchev–Trinajstić information content (AvgIpc) is 3.58. The van der Waals surface area contributed by atoms with Crippen molar-refractivity contribution >= 4 is 24.1 Å². The summed E-state index contributed by atoms with van der Waals surface area (Å²) in [5.74, 6) is -0.797. The van der Waals surface area contributed by atoms with Gasteiger partial charge in [0, 0.05) is 37.2 Å². The molecule has 1 unspecified atom stereocenters. The summed E-state index contributed by atoms with van der Waals surface area (Å²) in [5.41, 5.74) is 11.0. The van der Waals surface area contributed by atoms with Crippen LogP contribution < -0.4 is 5.73 Å². The highest BCUT2D eigenvalue weighted by Gasteiger charge is 2.45. The first-order valence-electron chi connectivity index (χ1n) is 13.7. The molecule has 8 heteroatoms. The average molecular weight is 546 g/mol. The van der Waals surface area contributed by atoms with Crippen LogP contribution in [0.1, 0.15) is 72.1 Å². The van der Waals surface area contributed by atoms with Gasteiger partial charge in [0.25, 0.3) is 0 Å². The van der Waals surface area contributed by atoms with Gasteiger partial charge in [0.2, 0.25) is 0 Å². The van der Waals surface area contributed by atoms with E-state index < -0.39 is 5.97 Å². The summed E-state index contributed by atoms with van der Waals surface area (Å²) in [5, 5.41) is 14.5. The predicted octanol–water partition coefficient (Wildman–Crippen LogP) is 6.62. The topological polar surface area (TPSA) is 96.7 Å². The van der Waals surface area contributed by atoms with E-state index in [9.17, 15) is 9.90 Å². The number of rotatable bonds is 14. The van der Waals surface area contributed by atoms with E-state index in [1.54, 1.807) is 24.1 Å². The van der Waals surface area contributed by atoms with Crippen LogP contribution in [0.4, 0.5) is 0 Å². The van der Waals surface area contributed by atoms with Gasteiger partial charge in [-0.25, -0.2) is 13.8 Å². The van der Waals surface area contributed by atoms with Crippen molar-refractivity contribution in [1.82, 2.24) is 14.1 Å². The van der Waals surface area contributed by atoms with Crippen LogP contribution in [-0.2, 0) is 6.54 Å². The van der Waals surface area contributed by atoms with Crippen LogP contribution in [0.2, 0.25) is 0 Å². The molecule has 206 valence electrons. The molecule has 7 nitrogen and oxygen atoms in total. The van der Waals surface area contributed by atoms with Crippen molar-refractivity contribution in [2.75, 3.05) is 13.6 Å². The number of aryl methyl sites for hydroxylation is 1. The van der Waals surface area contributed by atoms with Crippen LogP contribution in [0.15, 0.2) is 76.4 Å². The molecule has 3 aromatic rings. The molecular formula is C31H39N5O2S. The van der Waals surface area contributed by atoms with Crippen molar-refractivity contribution in [2.24, 2.45) is 16.6 Å². The smallest absolute Gasteiger partial charge is 0.339 e. The fourth-order valence-electron chi connectivity index (χ4n) is 5.02. The molecule has 0 amide bonds. The predicted molar refractivity (Wildman–Crippen MR) is 160 cm³/mol. The molecule has 1 saturated carbocycles. The lowest BCUT2D eigenvalue weighted by Gasteiger charge is -2.22. The summed E-state index contributed by atoms with van der Waals surface area (Å²) >= 11 is 1.81. The third-order valence-electron chi connectivity index (χ3n) is 7.17. The molecule has 1 heterocycles. The monoisotopic (exact) mass is 545 g/mol. The van der Waals surface area contributed by atoms with Gasteiger partial charge in [-0.05, 0) is 78.7 Å². The van der Waals surface area contributed by atoms with Crippen molar-refractivity contribution < 1.29 is 9.90 Å². The minimum Gasteiger partial charge on any atom is -0.478 e. The van der Waals surface area contributed by atoms with Crippen molar-refractivity contribution in [2.45, 2.75) is 63.3 Å². The van der Waals surface area contributed by atoms with Gasteiger partial charge in [-0.2, -0.15) is 5.10 Å². The molecule has 0 spiro atoms. The molecule has 39 heavy (non-hydrogen) atoms. The first-order valence-corrected chi connectivity index (χ1v) is 14.5. The standard InChI is InChI=1S/C31H39N5O2S/c1-4-5-6-9-15-35(39-29-14-8-7-11-22(29)2)21-23-12-10-13-25(16-23)36-30(28(20-34-36)31(37)38)27-17-26(27)24(18-32)19-33-3/h7-8,10-14,16,18-20,26-27H,4-6,9,15,17,21,32H2,1-3H3,(H,37,38)/t26?,27-/m1/s1. The van der Waals surface area contributed by atoms with E-state index in [4.69, 9.17) is 5.73 Å². The summed E-state index contributed by atoms with van der Waals surface area (Å²) in [7, 11) is 1.71. The number of unbranched alkanes of at least 4 members (excludes halogenated alkanes) is 3. The lowest BCUT2D eigenvalue weighted by molar-refractivity contribution is 0.0695. The van der Waals surface area contributed by atoms with Crippen molar-refractivity contribution in [3.63, 3.8) is 0 Å². The number of nitrogens with zero attached hydrogens (tertiary/aromatic N) is 4. The number of aromatic carboxylic acids is 1. The van der Waals surface area contributed by atoms with Crippen LogP contribution in [0.5, 0.6) is 0 Å². The fourth-order valence-corrected chi connectivity index (χ4v) is 6.09. The highest BCUT2D eigenvalue weighted by Crippen LogP contribution is 2.52. The molecular weight excluding hydrogens is 506 g/mol. The summed E-state index contributed by atoms with van der Waals surface area (Å²) in [6.07, 6.45) is 10.5. The van der Waals surface area contributed by atoms with Gasteiger partial charge in [-0.1, -0.05) is 56.5 Å². The lowest BCUT2D eigenvalue weighted by Crippen LogP contribution is -2.17. The quantitative estimate of drug-likeness (QED) is 0.134. The Labute approximate surface area is 236 Å². The summed E-state index contributed by atoms with van der Waals surface area (Å²) in [6.45, 7) is 6.16. The number of allylic oxidation sites excluding steroid dienone is 1. The SMILES string of the molecule is CCCCCCN(Cc1cccc(-n2ncc(C(=O)O)c2[C@@H]2CC2C(C=NC)=CN)c1)Sc1ccccc1C. The van der Waals surface area contributed by atoms with E-state index in [0.717, 1.165) is 48.4 Å². The molecule has 1 fully saturated rings. The molecule has 1 aliphatic rings. The zero-order chi connectivity index (χ0) is 27.8. The fraction of sp³-hybridized carbons (Fsp3) is 0.387. The van der Waals surface area contributed by atoms with E-state index in [1.165, 1.54) is 35.9 Å². The second-order valence-electron chi connectivity index (χ2n) is 10.1. The molecule has 0 bridgehead atoms. The Hall–Kier alpha value is -3.36. The van der Waals surface area contributed by atoms with E-state index in [1.807, 2.05) is 24.1 Å². The Balaban J connectivity index is 1.60. The van der Waals surface area contributed by atoms with E-state index in [0.29, 0.717) is 0 Å². The Bertz CT molecular complexity index is 1330. The van der Waals surface area contributed by atoms with Crippen LogP contribution in [0, 0.1) is 12.8 Å². The van der Waals surface area contributed by atoms with Gasteiger partial charge in [0.15, 0.2) is 0 Å². The molecule has 2 atom stereocenters. The summed E-state index contributed by atoms with van der Waals surface area (Å²) < 4.78 is 4.23. The molecule has 4 rings (SSSR count). The van der Waals surface area contributed by atoms with Crippen LogP contribution in [0.3, 0.4) is 0 Å². The third-order valence-corrected chi connectivity index (χ3v) is 8.40. The Kier molecular flexibility index (Phi) is 10.0. The van der Waals surface area contributed by atoms with Gasteiger partial charge < -0.3 is 10.8 Å². The molecule has 0 aliphatic heterocycles. The maximum absolute atomic E-state index is 12.1. The molecule has 0 saturated heterocycles. The third kappa shape index (κ3) is 7.19. The van der Waals surface area contributed by atoms with Crippen molar-refractivity contribution in [3.8, 4) is 5.69 Å². The molecule has 0 radical (unpaired) electrons.